The number of halogens is 1. The first kappa shape index (κ1) is 20.7. The Morgan fingerprint density at radius 3 is 2.68 bits per heavy atom. The molecule has 3 rings (SSSR count). The van der Waals surface area contributed by atoms with E-state index in [0.717, 1.165) is 47.4 Å². The van der Waals surface area contributed by atoms with Crippen molar-refractivity contribution in [1.29, 1.82) is 0 Å². The minimum atomic E-state index is -0.157. The van der Waals surface area contributed by atoms with Gasteiger partial charge in [-0.15, -0.1) is 0 Å². The van der Waals surface area contributed by atoms with Crippen LogP contribution in [0.25, 0.3) is 0 Å². The second-order valence-corrected chi connectivity index (χ2v) is 7.84. The van der Waals surface area contributed by atoms with E-state index in [-0.39, 0.29) is 12.1 Å². The van der Waals surface area contributed by atoms with Crippen molar-refractivity contribution >= 4 is 22.0 Å². The predicted octanol–water partition coefficient (Wildman–Crippen LogP) is 4.61. The van der Waals surface area contributed by atoms with Crippen LogP contribution in [0.3, 0.4) is 0 Å². The van der Waals surface area contributed by atoms with E-state index >= 15 is 0 Å². The Balaban J connectivity index is 1.61. The Kier molecular flexibility index (Phi) is 7.34. The number of hydrogen-bond acceptors (Lipinski definition) is 3. The molecular formula is C22H28BrN3O2. The van der Waals surface area contributed by atoms with Crippen molar-refractivity contribution in [2.45, 2.75) is 39.4 Å². The van der Waals surface area contributed by atoms with Gasteiger partial charge in [0, 0.05) is 29.5 Å². The van der Waals surface area contributed by atoms with Crippen LogP contribution in [0.2, 0.25) is 0 Å². The summed E-state index contributed by atoms with van der Waals surface area (Å²) in [6.45, 7) is 8.37. The molecule has 1 unspecified atom stereocenters. The third-order valence-electron chi connectivity index (χ3n) is 5.16. The summed E-state index contributed by atoms with van der Waals surface area (Å²) < 4.78 is 6.68. The average molecular weight is 446 g/mol. The van der Waals surface area contributed by atoms with E-state index in [0.29, 0.717) is 13.2 Å². The van der Waals surface area contributed by atoms with Gasteiger partial charge in [0.25, 0.3) is 0 Å². The van der Waals surface area contributed by atoms with Crippen LogP contribution in [0.5, 0.6) is 5.75 Å². The van der Waals surface area contributed by atoms with Crippen molar-refractivity contribution < 1.29 is 9.53 Å². The summed E-state index contributed by atoms with van der Waals surface area (Å²) in [6, 6.07) is 14.0. The number of nitrogens with zero attached hydrogens (tertiary/aromatic N) is 1. The standard InChI is InChI=1S/C22H28BrN3O2/c1-3-26(4-2)15-17-8-6-5-7-16(17)14-24-22(27)25-20-11-12-28-21-10-9-18(23)13-19(20)21/h5-10,13,20H,3-4,11-12,14-15H2,1-2H3,(H2,24,25,27). The summed E-state index contributed by atoms with van der Waals surface area (Å²) >= 11 is 3.50. The summed E-state index contributed by atoms with van der Waals surface area (Å²) in [5.41, 5.74) is 3.42. The fourth-order valence-electron chi connectivity index (χ4n) is 3.47. The van der Waals surface area contributed by atoms with Crippen molar-refractivity contribution in [3.8, 4) is 5.75 Å². The fraction of sp³-hybridized carbons (Fsp3) is 0.409. The molecule has 0 aliphatic carbocycles. The highest BCUT2D eigenvalue weighted by atomic mass is 79.9. The molecule has 2 amide bonds. The Hall–Kier alpha value is -2.05. The third kappa shape index (κ3) is 5.26. The molecule has 2 aromatic carbocycles. The lowest BCUT2D eigenvalue weighted by Gasteiger charge is -2.27. The SMILES string of the molecule is CCN(CC)Cc1ccccc1CNC(=O)NC1CCOc2ccc(Br)cc21. The van der Waals surface area contributed by atoms with Crippen molar-refractivity contribution in [3.05, 3.63) is 63.6 Å². The molecule has 1 heterocycles. The minimum absolute atomic E-state index is 0.0489. The number of urea groups is 1. The van der Waals surface area contributed by atoms with Gasteiger partial charge in [0.05, 0.1) is 12.6 Å². The number of carbonyl (C=O) groups excluding carboxylic acids is 1. The minimum Gasteiger partial charge on any atom is -0.493 e. The van der Waals surface area contributed by atoms with Gasteiger partial charge in [0.2, 0.25) is 0 Å². The van der Waals surface area contributed by atoms with Gasteiger partial charge in [-0.3, -0.25) is 4.90 Å². The highest BCUT2D eigenvalue weighted by Crippen LogP contribution is 2.34. The quantitative estimate of drug-likeness (QED) is 0.653. The smallest absolute Gasteiger partial charge is 0.315 e. The third-order valence-corrected chi connectivity index (χ3v) is 5.66. The molecular weight excluding hydrogens is 418 g/mol. The summed E-state index contributed by atoms with van der Waals surface area (Å²) in [5.74, 6) is 0.837. The summed E-state index contributed by atoms with van der Waals surface area (Å²) in [4.78, 5) is 14.9. The van der Waals surface area contributed by atoms with Crippen LogP contribution in [0, 0.1) is 0 Å². The Bertz CT molecular complexity index is 808. The highest BCUT2D eigenvalue weighted by molar-refractivity contribution is 9.10. The lowest BCUT2D eigenvalue weighted by atomic mass is 10.0. The molecule has 2 aromatic rings. The Labute approximate surface area is 175 Å². The van der Waals surface area contributed by atoms with Gasteiger partial charge in [-0.2, -0.15) is 0 Å². The number of amides is 2. The number of fused-ring (bicyclic) bond motifs is 1. The largest absolute Gasteiger partial charge is 0.493 e. The van der Waals surface area contributed by atoms with E-state index in [1.54, 1.807) is 0 Å². The summed E-state index contributed by atoms with van der Waals surface area (Å²) in [6.07, 6.45) is 0.759. The average Bonchev–Trinajstić information content (AvgIpc) is 2.71. The molecule has 0 saturated carbocycles. The molecule has 0 fully saturated rings. The van der Waals surface area contributed by atoms with E-state index in [4.69, 9.17) is 4.74 Å². The van der Waals surface area contributed by atoms with Crippen molar-refractivity contribution in [3.63, 3.8) is 0 Å². The van der Waals surface area contributed by atoms with Gasteiger partial charge in [0.15, 0.2) is 0 Å². The topological polar surface area (TPSA) is 53.6 Å². The number of nitrogens with one attached hydrogen (secondary N) is 2. The lowest BCUT2D eigenvalue weighted by molar-refractivity contribution is 0.223. The van der Waals surface area contributed by atoms with Crippen LogP contribution >= 0.6 is 15.9 Å². The first-order valence-corrected chi connectivity index (χ1v) is 10.7. The first-order valence-electron chi connectivity index (χ1n) is 9.86. The van der Waals surface area contributed by atoms with Gasteiger partial charge in [-0.25, -0.2) is 4.79 Å². The first-order chi connectivity index (χ1) is 13.6. The molecule has 1 atom stereocenters. The molecule has 0 bridgehead atoms. The van der Waals surface area contributed by atoms with Crippen molar-refractivity contribution in [1.82, 2.24) is 15.5 Å². The Morgan fingerprint density at radius 1 is 1.18 bits per heavy atom. The number of hydrogen-bond donors (Lipinski definition) is 2. The van der Waals surface area contributed by atoms with E-state index in [1.807, 2.05) is 24.3 Å². The molecule has 0 aromatic heterocycles. The van der Waals surface area contributed by atoms with E-state index in [9.17, 15) is 4.79 Å². The normalized spacial score (nSPS) is 15.6. The zero-order chi connectivity index (χ0) is 19.9. The molecule has 1 aliphatic heterocycles. The maximum absolute atomic E-state index is 12.5. The van der Waals surface area contributed by atoms with Gasteiger partial charge in [0.1, 0.15) is 5.75 Å². The van der Waals surface area contributed by atoms with Crippen molar-refractivity contribution in [2.24, 2.45) is 0 Å². The number of carbonyl (C=O) groups is 1. The summed E-state index contributed by atoms with van der Waals surface area (Å²) in [7, 11) is 0. The molecule has 28 heavy (non-hydrogen) atoms. The maximum atomic E-state index is 12.5. The second-order valence-electron chi connectivity index (χ2n) is 6.93. The number of ether oxygens (including phenoxy) is 1. The zero-order valence-corrected chi connectivity index (χ0v) is 18.1. The lowest BCUT2D eigenvalue weighted by Crippen LogP contribution is -2.39. The van der Waals surface area contributed by atoms with Crippen LogP contribution in [-0.4, -0.2) is 30.6 Å². The molecule has 0 radical (unpaired) electrons. The zero-order valence-electron chi connectivity index (χ0n) is 16.5. The van der Waals surface area contributed by atoms with E-state index in [1.165, 1.54) is 5.56 Å². The molecule has 0 saturated heterocycles. The van der Waals surface area contributed by atoms with Crippen LogP contribution in [0.1, 0.15) is 43.0 Å². The molecule has 2 N–H and O–H groups in total. The predicted molar refractivity (Wildman–Crippen MR) is 115 cm³/mol. The molecule has 6 heteroatoms. The van der Waals surface area contributed by atoms with Crippen LogP contribution < -0.4 is 15.4 Å². The fourth-order valence-corrected chi connectivity index (χ4v) is 3.85. The number of benzene rings is 2. The molecule has 5 nitrogen and oxygen atoms in total. The van der Waals surface area contributed by atoms with E-state index in [2.05, 4.69) is 63.5 Å². The molecule has 150 valence electrons. The maximum Gasteiger partial charge on any atom is 0.315 e. The van der Waals surface area contributed by atoms with Crippen LogP contribution in [-0.2, 0) is 13.1 Å². The second kappa shape index (κ2) is 9.94. The van der Waals surface area contributed by atoms with Crippen molar-refractivity contribution in [2.75, 3.05) is 19.7 Å². The van der Waals surface area contributed by atoms with Gasteiger partial charge >= 0.3 is 6.03 Å². The van der Waals surface area contributed by atoms with E-state index < -0.39 is 0 Å². The Morgan fingerprint density at radius 2 is 1.93 bits per heavy atom. The van der Waals surface area contributed by atoms with Crippen LogP contribution in [0.15, 0.2) is 46.9 Å². The molecule has 0 spiro atoms. The van der Waals surface area contributed by atoms with Gasteiger partial charge in [-0.1, -0.05) is 54.0 Å². The summed E-state index contributed by atoms with van der Waals surface area (Å²) in [5, 5.41) is 6.11. The monoisotopic (exact) mass is 445 g/mol. The van der Waals surface area contributed by atoms with Crippen LogP contribution in [0.4, 0.5) is 4.79 Å². The van der Waals surface area contributed by atoms with Gasteiger partial charge in [-0.05, 0) is 42.4 Å². The number of rotatable bonds is 7. The molecule has 1 aliphatic rings. The highest BCUT2D eigenvalue weighted by Gasteiger charge is 2.23. The van der Waals surface area contributed by atoms with Gasteiger partial charge < -0.3 is 15.4 Å².